The van der Waals surface area contributed by atoms with E-state index >= 15 is 0 Å². The third-order valence-corrected chi connectivity index (χ3v) is 7.16. The van der Waals surface area contributed by atoms with Crippen molar-refractivity contribution in [1.82, 2.24) is 9.55 Å². The van der Waals surface area contributed by atoms with Crippen LogP contribution in [0.1, 0.15) is 29.4 Å². The average Bonchev–Trinajstić information content (AvgIpc) is 3.12. The Balaban J connectivity index is 1.80. The Morgan fingerprint density at radius 3 is 2.42 bits per heavy atom. The van der Waals surface area contributed by atoms with Gasteiger partial charge in [-0.25, -0.2) is 13.4 Å². The number of nitrogens with zero attached hydrogens (tertiary/aromatic N) is 2. The predicted molar refractivity (Wildman–Crippen MR) is 130 cm³/mol. The van der Waals surface area contributed by atoms with Crippen LogP contribution in [0.5, 0.6) is 0 Å². The molecule has 0 saturated carbocycles. The van der Waals surface area contributed by atoms with Gasteiger partial charge >= 0.3 is 0 Å². The summed E-state index contributed by atoms with van der Waals surface area (Å²) in [5, 5.41) is 0. The van der Waals surface area contributed by atoms with Crippen molar-refractivity contribution in [2.75, 3.05) is 4.72 Å². The fourth-order valence-corrected chi connectivity index (χ4v) is 4.95. The van der Waals surface area contributed by atoms with Crippen molar-refractivity contribution in [2.24, 2.45) is 0 Å². The van der Waals surface area contributed by atoms with Crippen LogP contribution in [0.25, 0.3) is 11.0 Å². The van der Waals surface area contributed by atoms with Crippen molar-refractivity contribution in [3.8, 4) is 0 Å². The molecule has 0 aliphatic rings. The van der Waals surface area contributed by atoms with Crippen LogP contribution in [0.2, 0.25) is 0 Å². The summed E-state index contributed by atoms with van der Waals surface area (Å²) in [6, 6.07) is 18.0. The molecule has 0 fully saturated rings. The van der Waals surface area contributed by atoms with Crippen molar-refractivity contribution < 1.29 is 17.2 Å². The molecule has 172 valence electrons. The number of aromatic nitrogens is 2. The monoisotopic (exact) mass is 487 g/mol. The number of halogens is 2. The number of nitrogens with one attached hydrogen (secondary N) is 1. The molecule has 0 bridgehead atoms. The zero-order valence-electron chi connectivity index (χ0n) is 18.2. The number of fused-ring (bicyclic) bond motifs is 1. The molecular weight excluding hydrogens is 463 g/mol. The first-order valence-corrected chi connectivity index (χ1v) is 12.5. The number of hydrogen-bond donors (Lipinski definition) is 1. The molecule has 1 atom stereocenters. The summed E-state index contributed by atoms with van der Waals surface area (Å²) < 4.78 is 58.7. The molecule has 1 heterocycles. The molecular formula is C24H24F2N3O2PS. The largest absolute Gasteiger partial charge is 0.323 e. The van der Waals surface area contributed by atoms with Gasteiger partial charge in [-0.3, -0.25) is 4.72 Å². The smallest absolute Gasteiger partial charge is 0.283 e. The molecule has 0 spiro atoms. The standard InChI is InChI=1S/C24H24F2N3O2PS/c1-3-23-27-20-6-4-5-7-22(20)29(23)15-17-10-11-18(24(25,26)32)14-21(17)28-33(30,31)19-12-8-16(2)9-13-19/h4-14,28H,3,15,32H2,1-2H3. The summed E-state index contributed by atoms with van der Waals surface area (Å²) in [7, 11) is -2.49. The molecule has 4 aromatic rings. The van der Waals surface area contributed by atoms with Gasteiger partial charge in [0.05, 0.1) is 28.2 Å². The summed E-state index contributed by atoms with van der Waals surface area (Å²) in [6.45, 7) is 4.11. The predicted octanol–water partition coefficient (Wildman–Crippen LogP) is 5.68. The number of rotatable bonds is 7. The Kier molecular flexibility index (Phi) is 6.25. The molecule has 0 aliphatic heterocycles. The summed E-state index contributed by atoms with van der Waals surface area (Å²) in [5.41, 5.74) is -0.204. The Labute approximate surface area is 194 Å². The molecule has 33 heavy (non-hydrogen) atoms. The minimum atomic E-state index is -3.98. The van der Waals surface area contributed by atoms with E-state index in [1.165, 1.54) is 39.6 Å². The number of para-hydroxylation sites is 2. The topological polar surface area (TPSA) is 64.0 Å². The Morgan fingerprint density at radius 2 is 1.76 bits per heavy atom. The van der Waals surface area contributed by atoms with Gasteiger partial charge in [-0.2, -0.15) is 8.78 Å². The number of aryl methyl sites for hydroxylation is 2. The van der Waals surface area contributed by atoms with Crippen molar-refractivity contribution in [3.05, 3.63) is 89.2 Å². The highest BCUT2D eigenvalue weighted by molar-refractivity contribution is 7.92. The molecule has 1 aromatic heterocycles. The Morgan fingerprint density at radius 1 is 1.06 bits per heavy atom. The fraction of sp³-hybridized carbons (Fsp3) is 0.208. The molecule has 3 aromatic carbocycles. The number of sulfonamides is 1. The molecule has 0 amide bonds. The maximum atomic E-state index is 14.0. The van der Waals surface area contributed by atoms with Gasteiger partial charge in [0.15, 0.2) is 0 Å². The van der Waals surface area contributed by atoms with E-state index in [2.05, 4.69) is 9.71 Å². The number of anilines is 1. The lowest BCUT2D eigenvalue weighted by Crippen LogP contribution is -2.16. The summed E-state index contributed by atoms with van der Waals surface area (Å²) >= 11 is 0. The highest BCUT2D eigenvalue weighted by Crippen LogP contribution is 2.37. The van der Waals surface area contributed by atoms with Crippen molar-refractivity contribution in [1.29, 1.82) is 0 Å². The maximum Gasteiger partial charge on any atom is 0.283 e. The van der Waals surface area contributed by atoms with Gasteiger partial charge in [-0.1, -0.05) is 58.1 Å². The van der Waals surface area contributed by atoms with Gasteiger partial charge in [-0.05, 0) is 42.8 Å². The van der Waals surface area contributed by atoms with E-state index in [0.717, 1.165) is 22.4 Å². The van der Waals surface area contributed by atoms with E-state index in [-0.39, 0.29) is 22.7 Å². The van der Waals surface area contributed by atoms with Gasteiger partial charge in [0.25, 0.3) is 15.7 Å². The van der Waals surface area contributed by atoms with Crippen LogP contribution >= 0.6 is 9.24 Å². The Bertz CT molecular complexity index is 1410. The molecule has 1 unspecified atom stereocenters. The zero-order chi connectivity index (χ0) is 23.8. The van der Waals surface area contributed by atoms with Crippen molar-refractivity contribution in [3.63, 3.8) is 0 Å². The molecule has 9 heteroatoms. The highest BCUT2D eigenvalue weighted by Gasteiger charge is 2.27. The highest BCUT2D eigenvalue weighted by atomic mass is 32.2. The average molecular weight is 488 g/mol. The van der Waals surface area contributed by atoms with E-state index in [4.69, 9.17) is 0 Å². The zero-order valence-corrected chi connectivity index (χ0v) is 20.2. The van der Waals surface area contributed by atoms with E-state index in [1.807, 2.05) is 42.7 Å². The Hall–Kier alpha value is -2.83. The minimum Gasteiger partial charge on any atom is -0.323 e. The van der Waals surface area contributed by atoms with Gasteiger partial charge in [0.2, 0.25) is 0 Å². The van der Waals surface area contributed by atoms with E-state index in [0.29, 0.717) is 12.0 Å². The van der Waals surface area contributed by atoms with Crippen LogP contribution < -0.4 is 4.72 Å². The first kappa shape index (κ1) is 23.3. The number of alkyl halides is 2. The third-order valence-electron chi connectivity index (χ3n) is 5.45. The van der Waals surface area contributed by atoms with Crippen LogP contribution in [0, 0.1) is 6.92 Å². The number of benzene rings is 3. The van der Waals surface area contributed by atoms with Crippen LogP contribution in [0.3, 0.4) is 0 Å². The first-order valence-electron chi connectivity index (χ1n) is 10.4. The molecule has 0 aliphatic carbocycles. The van der Waals surface area contributed by atoms with E-state index in [1.54, 1.807) is 12.1 Å². The normalized spacial score (nSPS) is 12.3. The fourth-order valence-electron chi connectivity index (χ4n) is 3.68. The third kappa shape index (κ3) is 4.92. The molecule has 4 rings (SSSR count). The second-order valence-electron chi connectivity index (χ2n) is 7.87. The van der Waals surface area contributed by atoms with Gasteiger partial charge in [0.1, 0.15) is 5.82 Å². The van der Waals surface area contributed by atoms with Crippen LogP contribution in [0.4, 0.5) is 14.5 Å². The van der Waals surface area contributed by atoms with Gasteiger partial charge in [-0.15, -0.1) is 0 Å². The second kappa shape index (κ2) is 8.84. The second-order valence-corrected chi connectivity index (χ2v) is 10.3. The lowest BCUT2D eigenvalue weighted by molar-refractivity contribution is 0.104. The molecule has 0 radical (unpaired) electrons. The molecule has 5 nitrogen and oxygen atoms in total. The molecule has 1 N–H and O–H groups in total. The van der Waals surface area contributed by atoms with Crippen molar-refractivity contribution >= 4 is 36.0 Å². The van der Waals surface area contributed by atoms with Crippen LogP contribution in [-0.2, 0) is 28.7 Å². The summed E-state index contributed by atoms with van der Waals surface area (Å²) in [4.78, 5) is 4.70. The quantitative estimate of drug-likeness (QED) is 0.341. The number of imidazole rings is 1. The lowest BCUT2D eigenvalue weighted by atomic mass is 10.1. The van der Waals surface area contributed by atoms with Crippen molar-refractivity contribution in [2.45, 2.75) is 37.4 Å². The van der Waals surface area contributed by atoms with Crippen LogP contribution in [0.15, 0.2) is 71.6 Å². The summed E-state index contributed by atoms with van der Waals surface area (Å²) in [5.74, 6) is 0.823. The van der Waals surface area contributed by atoms with Gasteiger partial charge < -0.3 is 4.57 Å². The van der Waals surface area contributed by atoms with Crippen LogP contribution in [-0.4, -0.2) is 18.0 Å². The van der Waals surface area contributed by atoms with E-state index < -0.39 is 15.7 Å². The number of hydrogen-bond acceptors (Lipinski definition) is 3. The SMILES string of the molecule is CCc1nc2ccccc2n1Cc1ccc(C(F)(F)P)cc1NS(=O)(=O)c1ccc(C)cc1. The lowest BCUT2D eigenvalue weighted by Gasteiger charge is -2.18. The molecule has 0 saturated heterocycles. The maximum absolute atomic E-state index is 14.0. The minimum absolute atomic E-state index is 0.0596. The summed E-state index contributed by atoms with van der Waals surface area (Å²) in [6.07, 6.45) is 0.668. The van der Waals surface area contributed by atoms with Gasteiger partial charge in [0, 0.05) is 12.0 Å². The van der Waals surface area contributed by atoms with E-state index in [9.17, 15) is 17.2 Å². The first-order chi connectivity index (χ1) is 15.6.